The lowest BCUT2D eigenvalue weighted by molar-refractivity contribution is -0.142. The largest absolute Gasteiger partial charge is 0.493 e. The van der Waals surface area contributed by atoms with Crippen LogP contribution in [0.1, 0.15) is 31.0 Å². The van der Waals surface area contributed by atoms with E-state index >= 15 is 0 Å². The van der Waals surface area contributed by atoms with Crippen molar-refractivity contribution in [1.29, 1.82) is 0 Å². The molecule has 2 unspecified atom stereocenters. The fourth-order valence-corrected chi connectivity index (χ4v) is 2.19. The van der Waals surface area contributed by atoms with Gasteiger partial charge in [0.1, 0.15) is 11.8 Å². The zero-order valence-corrected chi connectivity index (χ0v) is 11.0. The Morgan fingerprint density at radius 2 is 2.22 bits per heavy atom. The third-order valence-electron chi connectivity index (χ3n) is 3.27. The van der Waals surface area contributed by atoms with E-state index in [1.807, 2.05) is 19.1 Å². The molecule has 2 rings (SSSR count). The summed E-state index contributed by atoms with van der Waals surface area (Å²) in [7, 11) is 1.40. The standard InChI is InChI=1S/C14H19NO3/c1-9(15-10(2)14(16)17-3)11-4-5-13-12(8-11)6-7-18-13/h4-5,8-10,15H,6-7H2,1-3H3. The number of rotatable bonds is 4. The van der Waals surface area contributed by atoms with E-state index in [0.29, 0.717) is 0 Å². The second-order valence-electron chi connectivity index (χ2n) is 4.60. The number of carbonyl (C=O) groups excluding carboxylic acids is 1. The highest BCUT2D eigenvalue weighted by Crippen LogP contribution is 2.28. The maximum atomic E-state index is 11.4. The molecule has 0 amide bonds. The first-order valence-corrected chi connectivity index (χ1v) is 6.21. The zero-order chi connectivity index (χ0) is 13.1. The Bertz CT molecular complexity index is 445. The molecule has 2 atom stereocenters. The number of fused-ring (bicyclic) bond motifs is 1. The highest BCUT2D eigenvalue weighted by molar-refractivity contribution is 5.75. The van der Waals surface area contributed by atoms with E-state index in [9.17, 15) is 4.79 Å². The van der Waals surface area contributed by atoms with Gasteiger partial charge in [0.2, 0.25) is 0 Å². The van der Waals surface area contributed by atoms with Crippen LogP contribution >= 0.6 is 0 Å². The van der Waals surface area contributed by atoms with Crippen LogP contribution in [0.5, 0.6) is 5.75 Å². The molecule has 1 aromatic rings. The quantitative estimate of drug-likeness (QED) is 0.827. The SMILES string of the molecule is COC(=O)C(C)NC(C)c1ccc2c(c1)CCO2. The van der Waals surface area contributed by atoms with Gasteiger partial charge in [-0.25, -0.2) is 0 Å². The molecule has 1 aliphatic heterocycles. The second-order valence-corrected chi connectivity index (χ2v) is 4.60. The Labute approximate surface area is 107 Å². The maximum absolute atomic E-state index is 11.4. The van der Waals surface area contributed by atoms with Crippen LogP contribution in [0.15, 0.2) is 18.2 Å². The normalized spacial score (nSPS) is 16.6. The summed E-state index contributed by atoms with van der Waals surface area (Å²) < 4.78 is 10.2. The first-order chi connectivity index (χ1) is 8.61. The van der Waals surface area contributed by atoms with Crippen LogP contribution in [0, 0.1) is 0 Å². The van der Waals surface area contributed by atoms with Crippen LogP contribution in [0.4, 0.5) is 0 Å². The van der Waals surface area contributed by atoms with Crippen molar-refractivity contribution >= 4 is 5.97 Å². The Morgan fingerprint density at radius 3 is 2.94 bits per heavy atom. The van der Waals surface area contributed by atoms with Crippen LogP contribution in [-0.4, -0.2) is 25.7 Å². The van der Waals surface area contributed by atoms with Crippen molar-refractivity contribution in [2.45, 2.75) is 32.4 Å². The van der Waals surface area contributed by atoms with Gasteiger partial charge in [-0.05, 0) is 31.0 Å². The molecule has 0 radical (unpaired) electrons. The summed E-state index contributed by atoms with van der Waals surface area (Å²) in [5.41, 5.74) is 2.40. The highest BCUT2D eigenvalue weighted by Gasteiger charge is 2.18. The molecule has 0 saturated heterocycles. The van der Waals surface area contributed by atoms with Gasteiger partial charge >= 0.3 is 5.97 Å². The molecule has 1 N–H and O–H groups in total. The molecular formula is C14H19NO3. The van der Waals surface area contributed by atoms with E-state index in [2.05, 4.69) is 11.4 Å². The number of hydrogen-bond donors (Lipinski definition) is 1. The van der Waals surface area contributed by atoms with Crippen LogP contribution < -0.4 is 10.1 Å². The van der Waals surface area contributed by atoms with Crippen molar-refractivity contribution in [3.63, 3.8) is 0 Å². The van der Waals surface area contributed by atoms with Crippen molar-refractivity contribution in [3.05, 3.63) is 29.3 Å². The van der Waals surface area contributed by atoms with Crippen LogP contribution in [0.3, 0.4) is 0 Å². The number of hydrogen-bond acceptors (Lipinski definition) is 4. The van der Waals surface area contributed by atoms with Crippen LogP contribution in [-0.2, 0) is 16.0 Å². The lowest BCUT2D eigenvalue weighted by atomic mass is 10.0. The van der Waals surface area contributed by atoms with Gasteiger partial charge in [0.15, 0.2) is 0 Å². The van der Waals surface area contributed by atoms with E-state index in [0.717, 1.165) is 24.3 Å². The molecule has 4 nitrogen and oxygen atoms in total. The monoisotopic (exact) mass is 249 g/mol. The van der Waals surface area contributed by atoms with Crippen molar-refractivity contribution in [2.75, 3.05) is 13.7 Å². The molecule has 1 aliphatic rings. The molecule has 1 aromatic carbocycles. The number of methoxy groups -OCH3 is 1. The van der Waals surface area contributed by atoms with Gasteiger partial charge in [-0.1, -0.05) is 12.1 Å². The Kier molecular flexibility index (Phi) is 3.87. The molecule has 18 heavy (non-hydrogen) atoms. The van der Waals surface area contributed by atoms with Crippen molar-refractivity contribution in [1.82, 2.24) is 5.32 Å². The molecular weight excluding hydrogens is 230 g/mol. The fraction of sp³-hybridized carbons (Fsp3) is 0.500. The smallest absolute Gasteiger partial charge is 0.322 e. The predicted molar refractivity (Wildman–Crippen MR) is 68.7 cm³/mol. The zero-order valence-electron chi connectivity index (χ0n) is 11.0. The van der Waals surface area contributed by atoms with Gasteiger partial charge in [-0.3, -0.25) is 10.1 Å². The van der Waals surface area contributed by atoms with Crippen molar-refractivity contribution in [3.8, 4) is 5.75 Å². The number of benzene rings is 1. The summed E-state index contributed by atoms with van der Waals surface area (Å²) in [6.07, 6.45) is 0.961. The summed E-state index contributed by atoms with van der Waals surface area (Å²) in [6.45, 7) is 4.61. The Balaban J connectivity index is 2.05. The average molecular weight is 249 g/mol. The van der Waals surface area contributed by atoms with E-state index in [1.54, 1.807) is 6.92 Å². The molecule has 0 bridgehead atoms. The Morgan fingerprint density at radius 1 is 1.44 bits per heavy atom. The van der Waals surface area contributed by atoms with E-state index in [-0.39, 0.29) is 18.1 Å². The van der Waals surface area contributed by atoms with Crippen molar-refractivity contribution < 1.29 is 14.3 Å². The van der Waals surface area contributed by atoms with Gasteiger partial charge in [0, 0.05) is 12.5 Å². The number of carbonyl (C=O) groups is 1. The molecule has 98 valence electrons. The predicted octanol–water partition coefficient (Wildman–Crippen LogP) is 1.83. The molecule has 0 spiro atoms. The van der Waals surface area contributed by atoms with Crippen molar-refractivity contribution in [2.24, 2.45) is 0 Å². The van der Waals surface area contributed by atoms with Gasteiger partial charge in [0.05, 0.1) is 13.7 Å². The summed E-state index contributed by atoms with van der Waals surface area (Å²) >= 11 is 0. The third kappa shape index (κ3) is 2.64. The first-order valence-electron chi connectivity index (χ1n) is 6.21. The lowest BCUT2D eigenvalue weighted by Crippen LogP contribution is -2.36. The third-order valence-corrected chi connectivity index (χ3v) is 3.27. The number of esters is 1. The van der Waals surface area contributed by atoms with Gasteiger partial charge in [-0.15, -0.1) is 0 Å². The summed E-state index contributed by atoms with van der Waals surface area (Å²) in [4.78, 5) is 11.4. The Hall–Kier alpha value is -1.55. The molecule has 1 heterocycles. The van der Waals surface area contributed by atoms with Gasteiger partial charge in [-0.2, -0.15) is 0 Å². The molecule has 4 heteroatoms. The minimum absolute atomic E-state index is 0.102. The van der Waals surface area contributed by atoms with E-state index in [4.69, 9.17) is 9.47 Å². The van der Waals surface area contributed by atoms with Crippen LogP contribution in [0.2, 0.25) is 0 Å². The molecule has 0 aliphatic carbocycles. The lowest BCUT2D eigenvalue weighted by Gasteiger charge is -2.19. The number of nitrogens with one attached hydrogen (secondary N) is 1. The molecule has 0 aromatic heterocycles. The average Bonchev–Trinajstić information content (AvgIpc) is 2.84. The maximum Gasteiger partial charge on any atom is 0.322 e. The summed E-state index contributed by atoms with van der Waals surface area (Å²) in [6, 6.07) is 5.97. The fourth-order valence-electron chi connectivity index (χ4n) is 2.19. The molecule has 0 fully saturated rings. The highest BCUT2D eigenvalue weighted by atomic mass is 16.5. The first kappa shape index (κ1) is 12.9. The minimum Gasteiger partial charge on any atom is -0.493 e. The molecule has 0 saturated carbocycles. The van der Waals surface area contributed by atoms with E-state index in [1.165, 1.54) is 12.7 Å². The van der Waals surface area contributed by atoms with Crippen LogP contribution in [0.25, 0.3) is 0 Å². The van der Waals surface area contributed by atoms with E-state index < -0.39 is 0 Å². The topological polar surface area (TPSA) is 47.6 Å². The minimum atomic E-state index is -0.311. The van der Waals surface area contributed by atoms with Gasteiger partial charge < -0.3 is 9.47 Å². The second kappa shape index (κ2) is 5.40. The summed E-state index contributed by atoms with van der Waals surface area (Å²) in [5.74, 6) is 0.735. The van der Waals surface area contributed by atoms with Gasteiger partial charge in [0.25, 0.3) is 0 Å². The number of ether oxygens (including phenoxy) is 2. The summed E-state index contributed by atoms with van der Waals surface area (Å²) in [5, 5.41) is 3.22.